The number of hydrogen-bond donors (Lipinski definition) is 3. The van der Waals surface area contributed by atoms with Crippen molar-refractivity contribution in [3.05, 3.63) is 28.2 Å². The van der Waals surface area contributed by atoms with Gasteiger partial charge in [0.2, 0.25) is 0 Å². The first-order chi connectivity index (χ1) is 8.10. The summed E-state index contributed by atoms with van der Waals surface area (Å²) >= 11 is 8.33. The van der Waals surface area contributed by atoms with Gasteiger partial charge in [0, 0.05) is 23.1 Å². The van der Waals surface area contributed by atoms with Crippen LogP contribution >= 0.6 is 28.1 Å². The van der Waals surface area contributed by atoms with Crippen LogP contribution in [-0.4, -0.2) is 41.5 Å². The molecule has 0 aromatic heterocycles. The molecule has 0 radical (unpaired) electrons. The zero-order valence-electron chi connectivity index (χ0n) is 9.27. The average molecular weight is 319 g/mol. The van der Waals surface area contributed by atoms with Crippen molar-refractivity contribution in [2.75, 3.05) is 31.2 Å². The SMILES string of the molecule is NC(=S)c1ccc(N(CCO)CCO)c(Br)c1. The van der Waals surface area contributed by atoms with Crippen LogP contribution < -0.4 is 10.6 Å². The van der Waals surface area contributed by atoms with Gasteiger partial charge in [-0.05, 0) is 34.1 Å². The second-order valence-corrected chi connectivity index (χ2v) is 4.76. The van der Waals surface area contributed by atoms with Gasteiger partial charge in [-0.25, -0.2) is 0 Å². The summed E-state index contributed by atoms with van der Waals surface area (Å²) < 4.78 is 0.838. The summed E-state index contributed by atoms with van der Waals surface area (Å²) in [5.41, 5.74) is 7.22. The molecule has 0 aliphatic heterocycles. The Kier molecular flexibility index (Phi) is 5.84. The highest BCUT2D eigenvalue weighted by atomic mass is 79.9. The van der Waals surface area contributed by atoms with Crippen LogP contribution in [0.15, 0.2) is 22.7 Å². The van der Waals surface area contributed by atoms with Crippen LogP contribution in [0.4, 0.5) is 5.69 Å². The van der Waals surface area contributed by atoms with Gasteiger partial charge in [0.05, 0.1) is 18.9 Å². The van der Waals surface area contributed by atoms with E-state index in [1.165, 1.54) is 0 Å². The van der Waals surface area contributed by atoms with Gasteiger partial charge in [-0.3, -0.25) is 0 Å². The fourth-order valence-electron chi connectivity index (χ4n) is 1.51. The van der Waals surface area contributed by atoms with Crippen molar-refractivity contribution in [1.82, 2.24) is 0 Å². The number of benzene rings is 1. The molecule has 0 saturated heterocycles. The number of nitrogens with two attached hydrogens (primary N) is 1. The standard InChI is InChI=1S/C11H15BrN2O2S/c12-9-7-8(11(13)17)1-2-10(9)14(3-5-15)4-6-16/h1-2,7,15-16H,3-6H2,(H2,13,17). The molecule has 0 fully saturated rings. The first kappa shape index (κ1) is 14.4. The van der Waals surface area contributed by atoms with Crippen LogP contribution in [0.1, 0.15) is 5.56 Å². The molecule has 17 heavy (non-hydrogen) atoms. The lowest BCUT2D eigenvalue weighted by Gasteiger charge is -2.24. The molecule has 0 saturated carbocycles. The number of hydrogen-bond acceptors (Lipinski definition) is 4. The molecule has 6 heteroatoms. The largest absolute Gasteiger partial charge is 0.395 e. The van der Waals surface area contributed by atoms with E-state index in [1.807, 2.05) is 23.1 Å². The number of aliphatic hydroxyl groups excluding tert-OH is 2. The Morgan fingerprint density at radius 3 is 2.29 bits per heavy atom. The maximum Gasteiger partial charge on any atom is 0.104 e. The van der Waals surface area contributed by atoms with Gasteiger partial charge in [0.15, 0.2) is 0 Å². The Balaban J connectivity index is 2.99. The smallest absolute Gasteiger partial charge is 0.104 e. The lowest BCUT2D eigenvalue weighted by atomic mass is 10.2. The first-order valence-electron chi connectivity index (χ1n) is 5.16. The molecular weight excluding hydrogens is 304 g/mol. The summed E-state index contributed by atoms with van der Waals surface area (Å²) in [7, 11) is 0. The Hall–Kier alpha value is -0.690. The van der Waals surface area contributed by atoms with Gasteiger partial charge in [0.25, 0.3) is 0 Å². The Bertz CT molecular complexity index is 395. The zero-order valence-corrected chi connectivity index (χ0v) is 11.7. The van der Waals surface area contributed by atoms with Crippen molar-refractivity contribution in [2.45, 2.75) is 0 Å². The van der Waals surface area contributed by atoms with E-state index in [0.29, 0.717) is 18.1 Å². The van der Waals surface area contributed by atoms with E-state index in [4.69, 9.17) is 28.2 Å². The van der Waals surface area contributed by atoms with Gasteiger partial charge in [-0.15, -0.1) is 0 Å². The van der Waals surface area contributed by atoms with Crippen LogP contribution in [0.5, 0.6) is 0 Å². The highest BCUT2D eigenvalue weighted by molar-refractivity contribution is 9.10. The molecule has 0 bridgehead atoms. The minimum absolute atomic E-state index is 0.0312. The summed E-state index contributed by atoms with van der Waals surface area (Å²) in [6.45, 7) is 0.990. The van der Waals surface area contributed by atoms with E-state index in [2.05, 4.69) is 15.9 Å². The Morgan fingerprint density at radius 1 is 1.29 bits per heavy atom. The van der Waals surface area contributed by atoms with E-state index < -0.39 is 0 Å². The van der Waals surface area contributed by atoms with Crippen LogP contribution in [-0.2, 0) is 0 Å². The Labute approximate surface area is 114 Å². The minimum Gasteiger partial charge on any atom is -0.395 e. The highest BCUT2D eigenvalue weighted by Gasteiger charge is 2.10. The molecule has 4 N–H and O–H groups in total. The van der Waals surface area contributed by atoms with Crippen molar-refractivity contribution < 1.29 is 10.2 Å². The normalized spacial score (nSPS) is 10.3. The molecule has 1 rings (SSSR count). The zero-order chi connectivity index (χ0) is 12.8. The summed E-state index contributed by atoms with van der Waals surface area (Å²) in [5, 5.41) is 18.0. The van der Waals surface area contributed by atoms with Gasteiger partial charge < -0.3 is 20.8 Å². The summed E-state index contributed by atoms with van der Waals surface area (Å²) in [6, 6.07) is 5.52. The molecule has 0 aliphatic carbocycles. The number of anilines is 1. The Morgan fingerprint density at radius 2 is 1.88 bits per heavy atom. The van der Waals surface area contributed by atoms with Crippen LogP contribution in [0.25, 0.3) is 0 Å². The summed E-state index contributed by atoms with van der Waals surface area (Å²) in [6.07, 6.45) is 0. The number of rotatable bonds is 6. The van der Waals surface area contributed by atoms with Gasteiger partial charge in [-0.1, -0.05) is 12.2 Å². The van der Waals surface area contributed by atoms with Crippen LogP contribution in [0.2, 0.25) is 0 Å². The van der Waals surface area contributed by atoms with Crippen molar-refractivity contribution in [3.63, 3.8) is 0 Å². The summed E-state index contributed by atoms with van der Waals surface area (Å²) in [5.74, 6) is 0. The second kappa shape index (κ2) is 6.90. The van der Waals surface area contributed by atoms with Crippen molar-refractivity contribution in [3.8, 4) is 0 Å². The first-order valence-corrected chi connectivity index (χ1v) is 6.36. The van der Waals surface area contributed by atoms with E-state index in [1.54, 1.807) is 0 Å². The fraction of sp³-hybridized carbons (Fsp3) is 0.364. The van der Waals surface area contributed by atoms with Crippen LogP contribution in [0, 0.1) is 0 Å². The van der Waals surface area contributed by atoms with E-state index >= 15 is 0 Å². The highest BCUT2D eigenvalue weighted by Crippen LogP contribution is 2.27. The molecule has 0 unspecified atom stereocenters. The quantitative estimate of drug-likeness (QED) is 0.679. The number of thiocarbonyl (C=S) groups is 1. The molecule has 0 spiro atoms. The summed E-state index contributed by atoms with van der Waals surface area (Å²) in [4.78, 5) is 2.22. The van der Waals surface area contributed by atoms with Gasteiger partial charge >= 0.3 is 0 Å². The predicted molar refractivity (Wildman–Crippen MR) is 76.4 cm³/mol. The third kappa shape index (κ3) is 3.92. The average Bonchev–Trinajstić information content (AvgIpc) is 2.28. The maximum absolute atomic E-state index is 8.98. The monoisotopic (exact) mass is 318 g/mol. The lowest BCUT2D eigenvalue weighted by molar-refractivity contribution is 0.281. The fourth-order valence-corrected chi connectivity index (χ4v) is 2.27. The minimum atomic E-state index is 0.0312. The van der Waals surface area contributed by atoms with Gasteiger partial charge in [-0.2, -0.15) is 0 Å². The number of nitrogens with zero attached hydrogens (tertiary/aromatic N) is 1. The third-order valence-corrected chi connectivity index (χ3v) is 3.18. The molecule has 4 nitrogen and oxygen atoms in total. The van der Waals surface area contributed by atoms with E-state index in [-0.39, 0.29) is 13.2 Å². The van der Waals surface area contributed by atoms with E-state index in [9.17, 15) is 0 Å². The molecular formula is C11H15BrN2O2S. The maximum atomic E-state index is 8.98. The predicted octanol–water partition coefficient (Wildman–Crippen LogP) is 0.874. The van der Waals surface area contributed by atoms with Crippen LogP contribution in [0.3, 0.4) is 0 Å². The molecule has 0 amide bonds. The van der Waals surface area contributed by atoms with E-state index in [0.717, 1.165) is 15.7 Å². The van der Waals surface area contributed by atoms with Crippen molar-refractivity contribution >= 4 is 38.8 Å². The van der Waals surface area contributed by atoms with Crippen molar-refractivity contribution in [2.24, 2.45) is 5.73 Å². The molecule has 1 aromatic rings. The number of aliphatic hydroxyl groups is 2. The molecule has 0 atom stereocenters. The second-order valence-electron chi connectivity index (χ2n) is 3.46. The molecule has 94 valence electrons. The molecule has 0 aliphatic rings. The molecule has 1 aromatic carbocycles. The van der Waals surface area contributed by atoms with Crippen molar-refractivity contribution in [1.29, 1.82) is 0 Å². The molecule has 0 heterocycles. The topological polar surface area (TPSA) is 69.7 Å². The number of halogens is 1. The lowest BCUT2D eigenvalue weighted by Crippen LogP contribution is -2.30. The third-order valence-electron chi connectivity index (χ3n) is 2.31. The van der Waals surface area contributed by atoms with Gasteiger partial charge in [0.1, 0.15) is 4.99 Å².